The summed E-state index contributed by atoms with van der Waals surface area (Å²) >= 11 is 0. The molecule has 1 unspecified atom stereocenters. The van der Waals surface area contributed by atoms with Crippen LogP contribution in [0, 0.1) is 5.41 Å². The van der Waals surface area contributed by atoms with Gasteiger partial charge >= 0.3 is 12.1 Å². The third-order valence-electron chi connectivity index (χ3n) is 1.98. The van der Waals surface area contributed by atoms with Gasteiger partial charge in [0.2, 0.25) is 0 Å². The molecule has 0 heterocycles. The van der Waals surface area contributed by atoms with Gasteiger partial charge in [-0.2, -0.15) is 13.2 Å². The van der Waals surface area contributed by atoms with Gasteiger partial charge in [0.1, 0.15) is 0 Å². The number of halogens is 3. The number of hydrogen-bond acceptors (Lipinski definition) is 2. The molecule has 0 aromatic heterocycles. The molecule has 3 nitrogen and oxygen atoms in total. The first-order chi connectivity index (χ1) is 5.81. The molecule has 0 aromatic rings. The van der Waals surface area contributed by atoms with Crippen molar-refractivity contribution in [3.63, 3.8) is 0 Å². The fraction of sp³-hybridized carbons (Fsp3) is 0.857. The highest BCUT2D eigenvalue weighted by molar-refractivity contribution is 5.76. The lowest BCUT2D eigenvalue weighted by Crippen LogP contribution is -2.50. The van der Waals surface area contributed by atoms with Crippen LogP contribution >= 0.6 is 0 Å². The third-order valence-corrected chi connectivity index (χ3v) is 1.98. The predicted octanol–water partition coefficient (Wildman–Crippen LogP) is 1.38. The zero-order valence-electron chi connectivity index (χ0n) is 7.19. The Morgan fingerprint density at radius 1 is 1.46 bits per heavy atom. The molecular formula is C7H12F3NO2. The van der Waals surface area contributed by atoms with E-state index in [0.29, 0.717) is 0 Å². The maximum atomic E-state index is 12.4. The Kier molecular flexibility index (Phi) is 3.71. The summed E-state index contributed by atoms with van der Waals surface area (Å²) in [6, 6.07) is 0. The van der Waals surface area contributed by atoms with Crippen molar-refractivity contribution in [2.45, 2.75) is 25.9 Å². The van der Waals surface area contributed by atoms with Crippen LogP contribution in [0.25, 0.3) is 0 Å². The van der Waals surface area contributed by atoms with Gasteiger partial charge in [-0.3, -0.25) is 4.79 Å². The molecule has 78 valence electrons. The average Bonchev–Trinajstić information content (AvgIpc) is 1.96. The van der Waals surface area contributed by atoms with Gasteiger partial charge in [0, 0.05) is 6.54 Å². The second kappa shape index (κ2) is 3.95. The number of hydrogen-bond donors (Lipinski definition) is 2. The number of carbonyl (C=O) groups is 1. The van der Waals surface area contributed by atoms with Crippen molar-refractivity contribution in [1.29, 1.82) is 0 Å². The van der Waals surface area contributed by atoms with Crippen LogP contribution in [0.2, 0.25) is 0 Å². The van der Waals surface area contributed by atoms with Gasteiger partial charge in [-0.05, 0) is 6.42 Å². The molecule has 6 heteroatoms. The third kappa shape index (κ3) is 2.12. The molecule has 0 amide bonds. The molecule has 0 aliphatic carbocycles. The average molecular weight is 199 g/mol. The lowest BCUT2D eigenvalue weighted by atomic mass is 9.83. The largest absolute Gasteiger partial charge is 0.481 e. The van der Waals surface area contributed by atoms with Gasteiger partial charge in [0.25, 0.3) is 0 Å². The van der Waals surface area contributed by atoms with E-state index in [1.54, 1.807) is 0 Å². The lowest BCUT2D eigenvalue weighted by molar-refractivity contribution is -0.230. The summed E-state index contributed by atoms with van der Waals surface area (Å²) in [6.45, 7) is 0.568. The van der Waals surface area contributed by atoms with Crippen molar-refractivity contribution < 1.29 is 23.1 Å². The minimum absolute atomic E-state index is 0.128. The number of alkyl halides is 3. The van der Waals surface area contributed by atoms with E-state index in [-0.39, 0.29) is 6.42 Å². The van der Waals surface area contributed by atoms with E-state index in [4.69, 9.17) is 10.8 Å². The van der Waals surface area contributed by atoms with E-state index >= 15 is 0 Å². The fourth-order valence-electron chi connectivity index (χ4n) is 1.10. The van der Waals surface area contributed by atoms with Crippen molar-refractivity contribution in [2.24, 2.45) is 11.1 Å². The number of nitrogens with two attached hydrogens (primary N) is 1. The number of carboxylic acid groups (broad SMARTS) is 1. The first kappa shape index (κ1) is 12.2. The topological polar surface area (TPSA) is 63.3 Å². The summed E-state index contributed by atoms with van der Waals surface area (Å²) in [5, 5.41) is 8.49. The Bertz CT molecular complexity index is 193. The van der Waals surface area contributed by atoms with Crippen molar-refractivity contribution in [1.82, 2.24) is 0 Å². The molecule has 0 aliphatic heterocycles. The van der Waals surface area contributed by atoms with E-state index < -0.39 is 30.5 Å². The highest BCUT2D eigenvalue weighted by Crippen LogP contribution is 2.41. The van der Waals surface area contributed by atoms with E-state index in [1.165, 1.54) is 6.92 Å². The number of carboxylic acids is 1. The summed E-state index contributed by atoms with van der Waals surface area (Å²) in [5.74, 6) is -1.90. The Morgan fingerprint density at radius 2 is 1.92 bits per heavy atom. The van der Waals surface area contributed by atoms with Crippen molar-refractivity contribution >= 4 is 5.97 Å². The predicted molar refractivity (Wildman–Crippen MR) is 40.1 cm³/mol. The van der Waals surface area contributed by atoms with Crippen LogP contribution in [-0.2, 0) is 4.79 Å². The van der Waals surface area contributed by atoms with E-state index in [9.17, 15) is 18.0 Å². The molecule has 0 aliphatic rings. The molecule has 0 fully saturated rings. The molecule has 0 radical (unpaired) electrons. The van der Waals surface area contributed by atoms with Crippen LogP contribution in [0.1, 0.15) is 19.8 Å². The molecular weight excluding hydrogens is 187 g/mol. The molecule has 0 saturated carbocycles. The van der Waals surface area contributed by atoms with Crippen LogP contribution in [0.3, 0.4) is 0 Å². The second-order valence-electron chi connectivity index (χ2n) is 2.84. The van der Waals surface area contributed by atoms with Crippen molar-refractivity contribution in [3.8, 4) is 0 Å². The fourth-order valence-corrected chi connectivity index (χ4v) is 1.10. The smallest absolute Gasteiger partial charge is 0.406 e. The Morgan fingerprint density at radius 3 is 2.00 bits per heavy atom. The van der Waals surface area contributed by atoms with Crippen molar-refractivity contribution in [3.05, 3.63) is 0 Å². The van der Waals surface area contributed by atoms with Gasteiger partial charge in [0.05, 0.1) is 0 Å². The maximum absolute atomic E-state index is 12.4. The van der Waals surface area contributed by atoms with Crippen LogP contribution < -0.4 is 5.73 Å². The number of rotatable bonds is 4. The quantitative estimate of drug-likeness (QED) is 0.718. The Labute approximate surface area is 73.7 Å². The molecule has 3 N–H and O–H groups in total. The highest BCUT2D eigenvalue weighted by atomic mass is 19.4. The molecule has 0 bridgehead atoms. The van der Waals surface area contributed by atoms with Gasteiger partial charge in [-0.25, -0.2) is 0 Å². The van der Waals surface area contributed by atoms with E-state index in [0.717, 1.165) is 0 Å². The summed E-state index contributed by atoms with van der Waals surface area (Å²) in [7, 11) is 0. The monoisotopic (exact) mass is 199 g/mol. The molecule has 0 rings (SSSR count). The Hall–Kier alpha value is -0.780. The number of aliphatic carboxylic acids is 1. The minimum atomic E-state index is -4.79. The van der Waals surface area contributed by atoms with Crippen LogP contribution in [0.15, 0.2) is 0 Å². The second-order valence-corrected chi connectivity index (χ2v) is 2.84. The van der Waals surface area contributed by atoms with Crippen LogP contribution in [-0.4, -0.2) is 23.8 Å². The Balaban J connectivity index is 4.98. The molecule has 0 saturated heterocycles. The summed E-state index contributed by atoms with van der Waals surface area (Å²) in [4.78, 5) is 10.5. The van der Waals surface area contributed by atoms with Gasteiger partial charge < -0.3 is 10.8 Å². The first-order valence-electron chi connectivity index (χ1n) is 3.82. The standard InChI is InChI=1S/C7H12F3NO2/c1-2-3-6(4-11,5(12)13)7(8,9)10/h2-4,11H2,1H3,(H,12,13). The zero-order valence-corrected chi connectivity index (χ0v) is 7.19. The highest BCUT2D eigenvalue weighted by Gasteiger charge is 2.59. The lowest BCUT2D eigenvalue weighted by Gasteiger charge is -2.29. The molecule has 0 spiro atoms. The SMILES string of the molecule is CCCC(CN)(C(=O)O)C(F)(F)F. The molecule has 1 atom stereocenters. The summed E-state index contributed by atoms with van der Waals surface area (Å²) < 4.78 is 37.1. The van der Waals surface area contributed by atoms with E-state index in [2.05, 4.69) is 0 Å². The van der Waals surface area contributed by atoms with Gasteiger partial charge in [0.15, 0.2) is 5.41 Å². The van der Waals surface area contributed by atoms with E-state index in [1.807, 2.05) is 0 Å². The zero-order chi connectivity index (χ0) is 10.7. The van der Waals surface area contributed by atoms with Crippen molar-refractivity contribution in [2.75, 3.05) is 6.54 Å². The minimum Gasteiger partial charge on any atom is -0.481 e. The van der Waals surface area contributed by atoms with Gasteiger partial charge in [-0.15, -0.1) is 0 Å². The summed E-state index contributed by atoms with van der Waals surface area (Å²) in [5.41, 5.74) is 2.10. The first-order valence-corrected chi connectivity index (χ1v) is 3.82. The molecule has 0 aromatic carbocycles. The maximum Gasteiger partial charge on any atom is 0.406 e. The van der Waals surface area contributed by atoms with Crippen LogP contribution in [0.5, 0.6) is 0 Å². The molecule has 13 heavy (non-hydrogen) atoms. The summed E-state index contributed by atoms with van der Waals surface area (Å²) in [6.07, 6.45) is -5.14. The normalized spacial score (nSPS) is 16.7. The van der Waals surface area contributed by atoms with Gasteiger partial charge in [-0.1, -0.05) is 13.3 Å². The van der Waals surface area contributed by atoms with Crippen LogP contribution in [0.4, 0.5) is 13.2 Å².